The minimum atomic E-state index is -1.79. The number of carbonyl (C=O) groups excluding carboxylic acids is 1. The Morgan fingerprint density at radius 3 is 1.45 bits per heavy atom. The van der Waals surface area contributed by atoms with Crippen LogP contribution in [0.2, 0.25) is 0 Å². The molecule has 0 radical (unpaired) electrons. The Balaban J connectivity index is 1.56. The molecule has 0 spiro atoms. The summed E-state index contributed by atoms with van der Waals surface area (Å²) in [6.45, 7) is 2.51. The molecular weight excluding hydrogens is 859 g/mol. The molecule has 9 N–H and O–H groups in total. The van der Waals surface area contributed by atoms with Gasteiger partial charge < -0.3 is 65.1 Å². The molecule has 14 heteroatoms. The predicted octanol–water partition coefficient (Wildman–Crippen LogP) is 7.72. The van der Waals surface area contributed by atoms with E-state index in [9.17, 15) is 45.6 Å². The molecule has 0 aromatic rings. The summed E-state index contributed by atoms with van der Waals surface area (Å²) < 4.78 is 22.5. The first kappa shape index (κ1) is 61.6. The van der Waals surface area contributed by atoms with Crippen molar-refractivity contribution in [2.45, 2.75) is 286 Å². The summed E-state index contributed by atoms with van der Waals surface area (Å²) in [7, 11) is 0. The Kier molecular flexibility index (Phi) is 36.9. The van der Waals surface area contributed by atoms with Crippen molar-refractivity contribution < 1.29 is 64.6 Å². The van der Waals surface area contributed by atoms with E-state index in [4.69, 9.17) is 18.9 Å². The lowest BCUT2D eigenvalue weighted by molar-refractivity contribution is -0.359. The number of unbranched alkanes of at least 4 members (excludes halogenated alkanes) is 27. The minimum absolute atomic E-state index is 0.249. The van der Waals surface area contributed by atoms with Crippen LogP contribution in [0.1, 0.15) is 213 Å². The van der Waals surface area contributed by atoms with Crippen LogP contribution in [0.25, 0.3) is 0 Å². The Morgan fingerprint density at radius 1 is 0.522 bits per heavy atom. The van der Waals surface area contributed by atoms with Crippen molar-refractivity contribution in [3.63, 3.8) is 0 Å². The Bertz CT molecular complexity index is 1220. The molecule has 12 atom stereocenters. The summed E-state index contributed by atoms with van der Waals surface area (Å²) in [6.07, 6.45) is 29.8. The minimum Gasteiger partial charge on any atom is -0.394 e. The molecule has 12 unspecified atom stereocenters. The second kappa shape index (κ2) is 40.1. The van der Waals surface area contributed by atoms with Crippen LogP contribution in [0.4, 0.5) is 0 Å². The maximum Gasteiger partial charge on any atom is 0.220 e. The fourth-order valence-corrected chi connectivity index (χ4v) is 8.93. The molecule has 2 fully saturated rings. The van der Waals surface area contributed by atoms with Crippen molar-refractivity contribution in [1.82, 2.24) is 5.32 Å². The SMILES string of the molecule is CCCCCCCCCCCCCCCCCCCCCCCCCCC/C=C/CC/C=C/C(O)C(COC1OC(CO)C(OC2OC(CO)C(O)C(O)C2O)C(O)C1O)NC(=O)CCCC. The van der Waals surface area contributed by atoms with Crippen LogP contribution in [-0.2, 0) is 23.7 Å². The van der Waals surface area contributed by atoms with Crippen LogP contribution in [0.15, 0.2) is 24.3 Å². The van der Waals surface area contributed by atoms with E-state index in [1.165, 1.54) is 161 Å². The van der Waals surface area contributed by atoms with Crippen molar-refractivity contribution in [2.24, 2.45) is 0 Å². The highest BCUT2D eigenvalue weighted by molar-refractivity contribution is 5.76. The third-order valence-corrected chi connectivity index (χ3v) is 13.4. The summed E-state index contributed by atoms with van der Waals surface area (Å²) in [5.41, 5.74) is 0. The van der Waals surface area contributed by atoms with Gasteiger partial charge in [-0.2, -0.15) is 0 Å². The molecule has 2 saturated heterocycles. The maximum absolute atomic E-state index is 12.7. The van der Waals surface area contributed by atoms with Gasteiger partial charge in [-0.25, -0.2) is 0 Å². The van der Waals surface area contributed by atoms with Crippen LogP contribution < -0.4 is 5.32 Å². The molecule has 2 aliphatic rings. The topological polar surface area (TPSA) is 228 Å². The smallest absolute Gasteiger partial charge is 0.220 e. The van der Waals surface area contributed by atoms with Crippen LogP contribution >= 0.6 is 0 Å². The lowest BCUT2D eigenvalue weighted by Crippen LogP contribution is -2.65. The summed E-state index contributed by atoms with van der Waals surface area (Å²) in [4.78, 5) is 12.7. The van der Waals surface area contributed by atoms with E-state index < -0.39 is 86.8 Å². The average molecular weight is 958 g/mol. The second-order valence-electron chi connectivity index (χ2n) is 19.4. The third-order valence-electron chi connectivity index (χ3n) is 13.4. The monoisotopic (exact) mass is 958 g/mol. The number of rotatable bonds is 42. The molecule has 0 aliphatic carbocycles. The summed E-state index contributed by atoms with van der Waals surface area (Å²) >= 11 is 0. The number of hydrogen-bond acceptors (Lipinski definition) is 13. The summed E-state index contributed by atoms with van der Waals surface area (Å²) in [5.74, 6) is -0.284. The number of ether oxygens (including phenoxy) is 4. The van der Waals surface area contributed by atoms with Gasteiger partial charge in [0, 0.05) is 6.42 Å². The van der Waals surface area contributed by atoms with E-state index in [-0.39, 0.29) is 18.9 Å². The number of carbonyl (C=O) groups is 1. The van der Waals surface area contributed by atoms with Gasteiger partial charge in [-0.05, 0) is 32.1 Å². The molecule has 2 aliphatic heterocycles. The molecule has 2 rings (SSSR count). The van der Waals surface area contributed by atoms with Crippen LogP contribution in [-0.4, -0.2) is 140 Å². The zero-order valence-electron chi connectivity index (χ0n) is 41.9. The summed E-state index contributed by atoms with van der Waals surface area (Å²) in [5, 5.41) is 85.9. The lowest BCUT2D eigenvalue weighted by Gasteiger charge is -2.46. The molecule has 0 bridgehead atoms. The standard InChI is InChI=1S/C53H99NO13/c1-3-5-7-8-9-10-11-12-13-14-15-16-17-18-19-20-21-22-23-24-25-26-27-28-29-30-31-32-33-34-35-36-42(57)41(54-45(58)37-6-4-2)40-64-52-50(63)48(61)51(44(39-56)66-52)67-53-49(62)47(60)46(59)43(38-55)65-53/h31-32,35-36,41-44,46-53,55-57,59-63H,3-30,33-34,37-40H2,1-2H3,(H,54,58)/b32-31+,36-35+. The van der Waals surface area contributed by atoms with Crippen molar-refractivity contribution in [3.8, 4) is 0 Å². The highest BCUT2D eigenvalue weighted by atomic mass is 16.7. The lowest BCUT2D eigenvalue weighted by atomic mass is 9.97. The van der Waals surface area contributed by atoms with Crippen molar-refractivity contribution in [1.29, 1.82) is 0 Å². The van der Waals surface area contributed by atoms with Gasteiger partial charge in [0.25, 0.3) is 0 Å². The first-order valence-corrected chi connectivity index (χ1v) is 27.1. The molecule has 1 amide bonds. The van der Waals surface area contributed by atoms with Crippen molar-refractivity contribution in [2.75, 3.05) is 19.8 Å². The van der Waals surface area contributed by atoms with Crippen LogP contribution in [0.5, 0.6) is 0 Å². The fraction of sp³-hybridized carbons (Fsp3) is 0.906. The molecule has 394 valence electrons. The van der Waals surface area contributed by atoms with Crippen LogP contribution in [0.3, 0.4) is 0 Å². The first-order valence-electron chi connectivity index (χ1n) is 27.1. The highest BCUT2D eigenvalue weighted by Crippen LogP contribution is 2.30. The largest absolute Gasteiger partial charge is 0.394 e. The zero-order chi connectivity index (χ0) is 48.9. The highest BCUT2D eigenvalue weighted by Gasteiger charge is 2.51. The maximum atomic E-state index is 12.7. The van der Waals surface area contributed by atoms with E-state index in [1.807, 2.05) is 13.0 Å². The van der Waals surface area contributed by atoms with E-state index >= 15 is 0 Å². The molecule has 0 aromatic heterocycles. The molecule has 0 saturated carbocycles. The Morgan fingerprint density at radius 2 is 0.955 bits per heavy atom. The normalized spacial score (nSPS) is 26.7. The van der Waals surface area contributed by atoms with Gasteiger partial charge in [0.2, 0.25) is 5.91 Å². The number of aliphatic hydroxyl groups excluding tert-OH is 8. The van der Waals surface area contributed by atoms with Gasteiger partial charge in [-0.1, -0.05) is 199 Å². The number of allylic oxidation sites excluding steroid dienone is 3. The van der Waals surface area contributed by atoms with Crippen molar-refractivity contribution >= 4 is 5.91 Å². The van der Waals surface area contributed by atoms with E-state index in [2.05, 4.69) is 24.4 Å². The van der Waals surface area contributed by atoms with E-state index in [0.29, 0.717) is 12.8 Å². The van der Waals surface area contributed by atoms with Gasteiger partial charge in [-0.3, -0.25) is 4.79 Å². The first-order chi connectivity index (χ1) is 32.6. The van der Waals surface area contributed by atoms with E-state index in [0.717, 1.165) is 19.3 Å². The molecule has 2 heterocycles. The van der Waals surface area contributed by atoms with Gasteiger partial charge in [0.15, 0.2) is 12.6 Å². The van der Waals surface area contributed by atoms with Gasteiger partial charge >= 0.3 is 0 Å². The van der Waals surface area contributed by atoms with Gasteiger partial charge in [0.05, 0.1) is 32.0 Å². The molecular formula is C53H99NO13. The predicted molar refractivity (Wildman–Crippen MR) is 263 cm³/mol. The molecule has 0 aromatic carbocycles. The zero-order valence-corrected chi connectivity index (χ0v) is 41.9. The van der Waals surface area contributed by atoms with Gasteiger partial charge in [0.1, 0.15) is 48.8 Å². The molecule has 14 nitrogen and oxygen atoms in total. The fourth-order valence-electron chi connectivity index (χ4n) is 8.93. The number of amides is 1. The number of nitrogens with one attached hydrogen (secondary N) is 1. The van der Waals surface area contributed by atoms with E-state index in [1.54, 1.807) is 6.08 Å². The van der Waals surface area contributed by atoms with Gasteiger partial charge in [-0.15, -0.1) is 0 Å². The second-order valence-corrected chi connectivity index (χ2v) is 19.4. The number of hydrogen-bond donors (Lipinski definition) is 9. The molecule has 67 heavy (non-hydrogen) atoms. The number of aliphatic hydroxyl groups is 8. The Hall–Kier alpha value is -1.53. The van der Waals surface area contributed by atoms with Crippen LogP contribution in [0, 0.1) is 0 Å². The van der Waals surface area contributed by atoms with Crippen molar-refractivity contribution in [3.05, 3.63) is 24.3 Å². The average Bonchev–Trinajstić information content (AvgIpc) is 3.33. The quantitative estimate of drug-likeness (QED) is 0.0211. The summed E-state index contributed by atoms with van der Waals surface area (Å²) in [6, 6.07) is -0.923. The Labute approximate surface area is 405 Å². The third kappa shape index (κ3) is 27.0.